The zero-order valence-electron chi connectivity index (χ0n) is 12.7. The van der Waals surface area contributed by atoms with Crippen molar-refractivity contribution in [2.45, 2.75) is 19.3 Å². The molecule has 0 spiro atoms. The van der Waals surface area contributed by atoms with E-state index in [0.29, 0.717) is 38.0 Å². The molecule has 0 heterocycles. The second-order valence-corrected chi connectivity index (χ2v) is 6.01. The summed E-state index contributed by atoms with van der Waals surface area (Å²) in [4.78, 5) is 11.7. The van der Waals surface area contributed by atoms with Gasteiger partial charge in [0.25, 0.3) is 0 Å². The Morgan fingerprint density at radius 2 is 1.87 bits per heavy atom. The van der Waals surface area contributed by atoms with Crippen LogP contribution in [0.3, 0.4) is 0 Å². The normalized spacial score (nSPS) is 10.3. The van der Waals surface area contributed by atoms with Gasteiger partial charge in [-0.3, -0.25) is 4.79 Å². The molecular formula is C18H19BrFNO2. The molecule has 1 N–H and O–H groups in total. The Morgan fingerprint density at radius 3 is 2.61 bits per heavy atom. The van der Waals surface area contributed by atoms with E-state index in [2.05, 4.69) is 21.2 Å². The van der Waals surface area contributed by atoms with Crippen LogP contribution in [0, 0.1) is 5.82 Å². The molecule has 0 aliphatic rings. The van der Waals surface area contributed by atoms with Crippen LogP contribution in [0.2, 0.25) is 0 Å². The minimum Gasteiger partial charge on any atom is -0.494 e. The lowest BCUT2D eigenvalue weighted by atomic mass is 10.1. The smallest absolute Gasteiger partial charge is 0.220 e. The van der Waals surface area contributed by atoms with Crippen LogP contribution in [0.25, 0.3) is 0 Å². The summed E-state index contributed by atoms with van der Waals surface area (Å²) >= 11 is 3.36. The van der Waals surface area contributed by atoms with Gasteiger partial charge in [-0.05, 0) is 48.7 Å². The standard InChI is InChI=1S/C18H19BrFNO2/c19-15-7-9-16(10-8-15)23-13-3-6-18(22)21-12-11-14-4-1-2-5-17(14)20/h1-2,4-5,7-10H,3,6,11-13H2,(H,21,22). The van der Waals surface area contributed by atoms with Gasteiger partial charge in [-0.15, -0.1) is 0 Å². The molecule has 0 aromatic heterocycles. The minimum absolute atomic E-state index is 0.0410. The van der Waals surface area contributed by atoms with Crippen molar-refractivity contribution in [1.29, 1.82) is 0 Å². The quantitative estimate of drug-likeness (QED) is 0.701. The molecule has 23 heavy (non-hydrogen) atoms. The molecule has 1 amide bonds. The third-order valence-electron chi connectivity index (χ3n) is 3.30. The van der Waals surface area contributed by atoms with Crippen molar-refractivity contribution >= 4 is 21.8 Å². The molecule has 3 nitrogen and oxygen atoms in total. The van der Waals surface area contributed by atoms with Crippen LogP contribution in [0.5, 0.6) is 5.75 Å². The third-order valence-corrected chi connectivity index (χ3v) is 3.83. The topological polar surface area (TPSA) is 38.3 Å². The summed E-state index contributed by atoms with van der Waals surface area (Å²) in [6.07, 6.45) is 1.53. The maximum absolute atomic E-state index is 13.4. The van der Waals surface area contributed by atoms with E-state index in [4.69, 9.17) is 4.74 Å². The SMILES string of the molecule is O=C(CCCOc1ccc(Br)cc1)NCCc1ccccc1F. The number of halogens is 2. The molecule has 122 valence electrons. The largest absolute Gasteiger partial charge is 0.494 e. The Balaban J connectivity index is 1.58. The predicted octanol–water partition coefficient (Wildman–Crippen LogP) is 4.11. The first-order valence-corrected chi connectivity index (χ1v) is 8.33. The van der Waals surface area contributed by atoms with Crippen molar-refractivity contribution in [3.05, 3.63) is 64.4 Å². The molecule has 0 atom stereocenters. The molecule has 0 aliphatic carbocycles. The minimum atomic E-state index is -0.232. The van der Waals surface area contributed by atoms with Gasteiger partial charge in [0.1, 0.15) is 11.6 Å². The molecule has 0 saturated carbocycles. The average molecular weight is 380 g/mol. The summed E-state index contributed by atoms with van der Waals surface area (Å²) in [5, 5.41) is 2.80. The fourth-order valence-electron chi connectivity index (χ4n) is 2.08. The highest BCUT2D eigenvalue weighted by Gasteiger charge is 2.04. The number of hydrogen-bond donors (Lipinski definition) is 1. The lowest BCUT2D eigenvalue weighted by Crippen LogP contribution is -2.26. The number of hydrogen-bond acceptors (Lipinski definition) is 2. The van der Waals surface area contributed by atoms with E-state index in [0.717, 1.165) is 10.2 Å². The lowest BCUT2D eigenvalue weighted by molar-refractivity contribution is -0.121. The van der Waals surface area contributed by atoms with Crippen molar-refractivity contribution in [2.75, 3.05) is 13.2 Å². The van der Waals surface area contributed by atoms with E-state index in [-0.39, 0.29) is 11.7 Å². The lowest BCUT2D eigenvalue weighted by Gasteiger charge is -2.07. The van der Waals surface area contributed by atoms with Gasteiger partial charge in [0.15, 0.2) is 0 Å². The molecule has 0 aliphatic heterocycles. The Labute approximate surface area is 144 Å². The van der Waals surface area contributed by atoms with E-state index < -0.39 is 0 Å². The molecule has 0 fully saturated rings. The van der Waals surface area contributed by atoms with E-state index in [9.17, 15) is 9.18 Å². The highest BCUT2D eigenvalue weighted by atomic mass is 79.9. The molecular weight excluding hydrogens is 361 g/mol. The summed E-state index contributed by atoms with van der Waals surface area (Å²) in [5.74, 6) is 0.513. The van der Waals surface area contributed by atoms with Gasteiger partial charge in [-0.25, -0.2) is 4.39 Å². The van der Waals surface area contributed by atoms with Crippen molar-refractivity contribution < 1.29 is 13.9 Å². The number of ether oxygens (including phenoxy) is 1. The van der Waals surface area contributed by atoms with Gasteiger partial charge in [0.05, 0.1) is 6.61 Å². The first-order valence-electron chi connectivity index (χ1n) is 7.53. The van der Waals surface area contributed by atoms with Gasteiger partial charge in [0.2, 0.25) is 5.91 Å². The first-order chi connectivity index (χ1) is 11.1. The van der Waals surface area contributed by atoms with Gasteiger partial charge in [-0.1, -0.05) is 34.1 Å². The second-order valence-electron chi connectivity index (χ2n) is 5.10. The van der Waals surface area contributed by atoms with Crippen LogP contribution in [-0.4, -0.2) is 19.1 Å². The predicted molar refractivity (Wildman–Crippen MR) is 92.0 cm³/mol. The van der Waals surface area contributed by atoms with Crippen LogP contribution < -0.4 is 10.1 Å². The van der Waals surface area contributed by atoms with Crippen LogP contribution >= 0.6 is 15.9 Å². The Morgan fingerprint density at radius 1 is 1.13 bits per heavy atom. The molecule has 2 aromatic rings. The fraction of sp³-hybridized carbons (Fsp3) is 0.278. The van der Waals surface area contributed by atoms with Crippen molar-refractivity contribution in [3.63, 3.8) is 0 Å². The van der Waals surface area contributed by atoms with Gasteiger partial charge in [-0.2, -0.15) is 0 Å². The third kappa shape index (κ3) is 6.40. The van der Waals surface area contributed by atoms with Crippen molar-refractivity contribution in [3.8, 4) is 5.75 Å². The highest BCUT2D eigenvalue weighted by Crippen LogP contribution is 2.16. The summed E-state index contributed by atoms with van der Waals surface area (Å²) in [5.41, 5.74) is 0.617. The fourth-order valence-corrected chi connectivity index (χ4v) is 2.34. The molecule has 0 saturated heterocycles. The Kier molecular flexibility index (Phi) is 7.07. The first kappa shape index (κ1) is 17.5. The van der Waals surface area contributed by atoms with Gasteiger partial charge in [0, 0.05) is 17.4 Å². The number of benzene rings is 2. The number of nitrogens with one attached hydrogen (secondary N) is 1. The highest BCUT2D eigenvalue weighted by molar-refractivity contribution is 9.10. The van der Waals surface area contributed by atoms with E-state index >= 15 is 0 Å². The summed E-state index contributed by atoms with van der Waals surface area (Å²) < 4.78 is 20.0. The van der Waals surface area contributed by atoms with Crippen LogP contribution in [0.4, 0.5) is 4.39 Å². The number of carbonyl (C=O) groups is 1. The van der Waals surface area contributed by atoms with Crippen molar-refractivity contribution in [1.82, 2.24) is 5.32 Å². The number of amides is 1. The van der Waals surface area contributed by atoms with Crippen LogP contribution in [0.1, 0.15) is 18.4 Å². The second kappa shape index (κ2) is 9.30. The Hall–Kier alpha value is -1.88. The van der Waals surface area contributed by atoms with Gasteiger partial charge < -0.3 is 10.1 Å². The zero-order valence-corrected chi connectivity index (χ0v) is 14.3. The summed E-state index contributed by atoms with van der Waals surface area (Å²) in [6, 6.07) is 14.2. The van der Waals surface area contributed by atoms with E-state index in [1.165, 1.54) is 6.07 Å². The van der Waals surface area contributed by atoms with E-state index in [1.54, 1.807) is 18.2 Å². The molecule has 0 bridgehead atoms. The van der Waals surface area contributed by atoms with Crippen molar-refractivity contribution in [2.24, 2.45) is 0 Å². The molecule has 5 heteroatoms. The molecule has 2 rings (SSSR count). The number of rotatable bonds is 8. The molecule has 0 radical (unpaired) electrons. The van der Waals surface area contributed by atoms with Gasteiger partial charge >= 0.3 is 0 Å². The maximum Gasteiger partial charge on any atom is 0.220 e. The molecule has 0 unspecified atom stereocenters. The monoisotopic (exact) mass is 379 g/mol. The molecule has 2 aromatic carbocycles. The Bertz CT molecular complexity index is 631. The van der Waals surface area contributed by atoms with E-state index in [1.807, 2.05) is 24.3 Å². The van der Waals surface area contributed by atoms with Crippen LogP contribution in [-0.2, 0) is 11.2 Å². The summed E-state index contributed by atoms with van der Waals surface area (Å²) in [7, 11) is 0. The maximum atomic E-state index is 13.4. The zero-order chi connectivity index (χ0) is 16.5. The average Bonchev–Trinajstić information content (AvgIpc) is 2.55. The summed E-state index contributed by atoms with van der Waals surface area (Å²) in [6.45, 7) is 0.926. The number of carbonyl (C=O) groups excluding carboxylic acids is 1. The van der Waals surface area contributed by atoms with Crippen LogP contribution in [0.15, 0.2) is 53.0 Å².